The van der Waals surface area contributed by atoms with Gasteiger partial charge in [-0.15, -0.1) is 12.4 Å². The van der Waals surface area contributed by atoms with E-state index in [1.165, 1.54) is 4.90 Å². The molecule has 0 aromatic heterocycles. The van der Waals surface area contributed by atoms with E-state index in [4.69, 9.17) is 5.73 Å². The summed E-state index contributed by atoms with van der Waals surface area (Å²) in [5, 5.41) is 2.16. The number of nitrogens with zero attached hydrogens (tertiary/aromatic N) is 1. The largest absolute Gasteiger partial charge is 0.348 e. The SMILES string of the molecule is CCC(C(=O)NCC(F)(F)CN)N1CCCC1=O.Cl. The fourth-order valence-corrected chi connectivity index (χ4v) is 1.95. The van der Waals surface area contributed by atoms with Crippen LogP contribution in [0.15, 0.2) is 0 Å². The predicted octanol–water partition coefficient (Wildman–Crippen LogP) is 0.519. The number of likely N-dealkylation sites (tertiary alicyclic amines) is 1. The maximum Gasteiger partial charge on any atom is 0.277 e. The average Bonchev–Trinajstić information content (AvgIpc) is 2.74. The van der Waals surface area contributed by atoms with E-state index >= 15 is 0 Å². The Morgan fingerprint density at radius 2 is 2.21 bits per heavy atom. The van der Waals surface area contributed by atoms with Crippen molar-refractivity contribution < 1.29 is 18.4 Å². The lowest BCUT2D eigenvalue weighted by molar-refractivity contribution is -0.138. The molecule has 1 fully saturated rings. The molecule has 0 aromatic carbocycles. The maximum absolute atomic E-state index is 12.9. The number of nitrogens with one attached hydrogen (secondary N) is 1. The Balaban J connectivity index is 0.00000324. The third-order valence-electron chi connectivity index (χ3n) is 3.00. The van der Waals surface area contributed by atoms with Gasteiger partial charge in [-0.25, -0.2) is 8.78 Å². The number of carbonyl (C=O) groups is 2. The van der Waals surface area contributed by atoms with Crippen molar-refractivity contribution in [2.75, 3.05) is 19.6 Å². The highest BCUT2D eigenvalue weighted by molar-refractivity contribution is 5.88. The van der Waals surface area contributed by atoms with Crippen LogP contribution < -0.4 is 11.1 Å². The summed E-state index contributed by atoms with van der Waals surface area (Å²) in [4.78, 5) is 24.8. The first-order valence-corrected chi connectivity index (χ1v) is 6.06. The summed E-state index contributed by atoms with van der Waals surface area (Å²) in [5.74, 6) is -3.74. The number of halogens is 3. The normalized spacial score (nSPS) is 17.1. The van der Waals surface area contributed by atoms with Crippen molar-refractivity contribution in [1.29, 1.82) is 0 Å². The minimum absolute atomic E-state index is 0. The van der Waals surface area contributed by atoms with Crippen LogP contribution in [0.5, 0.6) is 0 Å². The molecule has 5 nitrogen and oxygen atoms in total. The third kappa shape index (κ3) is 4.91. The van der Waals surface area contributed by atoms with Gasteiger partial charge >= 0.3 is 0 Å². The molecule has 1 saturated heterocycles. The van der Waals surface area contributed by atoms with E-state index < -0.39 is 31.0 Å². The molecule has 0 spiro atoms. The van der Waals surface area contributed by atoms with Gasteiger partial charge < -0.3 is 16.0 Å². The van der Waals surface area contributed by atoms with Crippen LogP contribution in [0.1, 0.15) is 26.2 Å². The Labute approximate surface area is 117 Å². The lowest BCUT2D eigenvalue weighted by atomic mass is 10.1. The van der Waals surface area contributed by atoms with Crippen LogP contribution in [0.3, 0.4) is 0 Å². The minimum Gasteiger partial charge on any atom is -0.348 e. The van der Waals surface area contributed by atoms with Gasteiger partial charge in [0.15, 0.2) is 0 Å². The number of carbonyl (C=O) groups excluding carboxylic acids is 2. The van der Waals surface area contributed by atoms with Crippen LogP contribution in [0.2, 0.25) is 0 Å². The van der Waals surface area contributed by atoms with Gasteiger partial charge in [0.1, 0.15) is 6.04 Å². The molecule has 8 heteroatoms. The molecule has 0 radical (unpaired) electrons. The molecule has 19 heavy (non-hydrogen) atoms. The van der Waals surface area contributed by atoms with E-state index in [9.17, 15) is 18.4 Å². The first-order valence-electron chi connectivity index (χ1n) is 6.06. The fourth-order valence-electron chi connectivity index (χ4n) is 1.95. The number of hydrogen-bond acceptors (Lipinski definition) is 3. The number of nitrogens with two attached hydrogens (primary N) is 1. The molecular weight excluding hydrogens is 280 g/mol. The van der Waals surface area contributed by atoms with Gasteiger partial charge in [0, 0.05) is 13.0 Å². The van der Waals surface area contributed by atoms with E-state index in [1.54, 1.807) is 6.92 Å². The quantitative estimate of drug-likeness (QED) is 0.751. The summed E-state index contributed by atoms with van der Waals surface area (Å²) in [6.45, 7) is 0.655. The first-order chi connectivity index (χ1) is 8.41. The highest BCUT2D eigenvalue weighted by Crippen LogP contribution is 2.16. The second kappa shape index (κ2) is 7.59. The Morgan fingerprint density at radius 3 is 2.63 bits per heavy atom. The summed E-state index contributed by atoms with van der Waals surface area (Å²) in [5.41, 5.74) is 4.88. The van der Waals surface area contributed by atoms with E-state index in [2.05, 4.69) is 5.32 Å². The van der Waals surface area contributed by atoms with Crippen molar-refractivity contribution in [3.05, 3.63) is 0 Å². The molecule has 1 unspecified atom stereocenters. The highest BCUT2D eigenvalue weighted by atomic mass is 35.5. The Kier molecular flexibility index (Phi) is 7.21. The molecule has 1 aliphatic rings. The summed E-state index contributed by atoms with van der Waals surface area (Å²) >= 11 is 0. The molecule has 1 atom stereocenters. The molecule has 0 aromatic rings. The van der Waals surface area contributed by atoms with E-state index in [0.29, 0.717) is 25.8 Å². The number of hydrogen-bond donors (Lipinski definition) is 2. The standard InChI is InChI=1S/C11H19F2N3O2.ClH/c1-2-8(16-5-3-4-9(16)17)10(18)15-7-11(12,13)6-14;/h8H,2-7,14H2,1H3,(H,15,18);1H. The van der Waals surface area contributed by atoms with Gasteiger partial charge in [-0.05, 0) is 12.8 Å². The zero-order valence-electron chi connectivity index (χ0n) is 10.8. The fraction of sp³-hybridized carbons (Fsp3) is 0.818. The van der Waals surface area contributed by atoms with Gasteiger partial charge in [0.05, 0.1) is 13.1 Å². The van der Waals surface area contributed by atoms with E-state index in [-0.39, 0.29) is 18.3 Å². The third-order valence-corrected chi connectivity index (χ3v) is 3.00. The lowest BCUT2D eigenvalue weighted by Crippen LogP contribution is -2.50. The maximum atomic E-state index is 12.9. The average molecular weight is 300 g/mol. The lowest BCUT2D eigenvalue weighted by Gasteiger charge is -2.26. The molecule has 1 heterocycles. The Hall–Kier alpha value is -0.950. The second-order valence-electron chi connectivity index (χ2n) is 4.39. The number of alkyl halides is 2. The summed E-state index contributed by atoms with van der Waals surface area (Å²) in [6, 6.07) is -0.659. The Bertz CT molecular complexity index is 329. The van der Waals surface area contributed by atoms with Crippen molar-refractivity contribution >= 4 is 24.2 Å². The molecule has 0 aliphatic carbocycles. The van der Waals surface area contributed by atoms with Crippen LogP contribution in [-0.2, 0) is 9.59 Å². The molecule has 0 saturated carbocycles. The van der Waals surface area contributed by atoms with Crippen molar-refractivity contribution in [2.45, 2.75) is 38.2 Å². The van der Waals surface area contributed by atoms with Crippen LogP contribution >= 0.6 is 12.4 Å². The smallest absolute Gasteiger partial charge is 0.277 e. The first kappa shape index (κ1) is 18.0. The van der Waals surface area contributed by atoms with Gasteiger partial charge in [0.2, 0.25) is 11.8 Å². The van der Waals surface area contributed by atoms with Gasteiger partial charge in [0.25, 0.3) is 5.92 Å². The minimum atomic E-state index is -3.11. The van der Waals surface area contributed by atoms with E-state index in [0.717, 1.165) is 0 Å². The van der Waals surface area contributed by atoms with Gasteiger partial charge in [-0.1, -0.05) is 6.92 Å². The molecular formula is C11H20ClF2N3O2. The van der Waals surface area contributed by atoms with Crippen molar-refractivity contribution in [3.8, 4) is 0 Å². The van der Waals surface area contributed by atoms with Crippen LogP contribution in [0, 0.1) is 0 Å². The van der Waals surface area contributed by atoms with Crippen molar-refractivity contribution in [1.82, 2.24) is 10.2 Å². The monoisotopic (exact) mass is 299 g/mol. The second-order valence-corrected chi connectivity index (χ2v) is 4.39. The highest BCUT2D eigenvalue weighted by Gasteiger charge is 2.33. The number of rotatable bonds is 6. The van der Waals surface area contributed by atoms with Crippen LogP contribution in [0.25, 0.3) is 0 Å². The zero-order chi connectivity index (χ0) is 13.8. The van der Waals surface area contributed by atoms with E-state index in [1.807, 2.05) is 0 Å². The molecule has 1 rings (SSSR count). The van der Waals surface area contributed by atoms with Gasteiger partial charge in [-0.3, -0.25) is 9.59 Å². The summed E-state index contributed by atoms with van der Waals surface area (Å²) < 4.78 is 25.8. The van der Waals surface area contributed by atoms with Crippen molar-refractivity contribution in [3.63, 3.8) is 0 Å². The summed E-state index contributed by atoms with van der Waals surface area (Å²) in [6.07, 6.45) is 1.54. The molecule has 2 amide bonds. The molecule has 112 valence electrons. The molecule has 0 bridgehead atoms. The predicted molar refractivity (Wildman–Crippen MR) is 69.3 cm³/mol. The molecule has 1 aliphatic heterocycles. The van der Waals surface area contributed by atoms with Crippen LogP contribution in [-0.4, -0.2) is 48.3 Å². The topological polar surface area (TPSA) is 75.4 Å². The number of amides is 2. The summed E-state index contributed by atoms with van der Waals surface area (Å²) in [7, 11) is 0. The van der Waals surface area contributed by atoms with Crippen LogP contribution in [0.4, 0.5) is 8.78 Å². The van der Waals surface area contributed by atoms with Gasteiger partial charge in [-0.2, -0.15) is 0 Å². The molecule has 3 N–H and O–H groups in total. The van der Waals surface area contributed by atoms with Crippen molar-refractivity contribution in [2.24, 2.45) is 5.73 Å². The zero-order valence-corrected chi connectivity index (χ0v) is 11.6. The Morgan fingerprint density at radius 1 is 1.58 bits per heavy atom.